The Morgan fingerprint density at radius 1 is 1.11 bits per heavy atom. The van der Waals surface area contributed by atoms with Gasteiger partial charge in [-0.05, 0) is 50.3 Å². The van der Waals surface area contributed by atoms with Crippen LogP contribution in [-0.2, 0) is 39.1 Å². The minimum Gasteiger partial charge on any atom is -0.484 e. The first-order valence-corrected chi connectivity index (χ1v) is 15.4. The molecule has 248 valence electrons. The fraction of sp³-hybridized carbons (Fsp3) is 0.500. The number of aryl methyl sites for hydroxylation is 2. The fourth-order valence-electron chi connectivity index (χ4n) is 5.27. The molecule has 1 aromatic carbocycles. The number of carbonyl (C=O) groups is 4. The molecule has 1 atom stereocenters. The Hall–Kier alpha value is -4.72. The van der Waals surface area contributed by atoms with Crippen molar-refractivity contribution in [2.75, 3.05) is 46.5 Å². The number of aromatic nitrogens is 3. The maximum absolute atomic E-state index is 13.9. The van der Waals surface area contributed by atoms with Crippen molar-refractivity contribution in [3.8, 4) is 5.75 Å². The number of fused-ring (bicyclic) bond motifs is 17. The molecule has 0 spiro atoms. The fourth-order valence-corrected chi connectivity index (χ4v) is 5.27. The Morgan fingerprint density at radius 2 is 1.89 bits per heavy atom. The molecule has 0 radical (unpaired) electrons. The third-order valence-electron chi connectivity index (χ3n) is 7.83. The van der Waals surface area contributed by atoms with Crippen molar-refractivity contribution in [1.29, 1.82) is 0 Å². The van der Waals surface area contributed by atoms with Crippen LogP contribution in [-0.4, -0.2) is 90.0 Å². The molecule has 14 heteroatoms. The largest absolute Gasteiger partial charge is 0.484 e. The van der Waals surface area contributed by atoms with Crippen LogP contribution < -0.4 is 20.7 Å². The number of nitrogens with zero attached hydrogens (tertiary/aromatic N) is 4. The second-order valence-electron chi connectivity index (χ2n) is 11.5. The summed E-state index contributed by atoms with van der Waals surface area (Å²) in [4.78, 5) is 54.3. The van der Waals surface area contributed by atoms with E-state index in [1.165, 1.54) is 0 Å². The van der Waals surface area contributed by atoms with Crippen LogP contribution in [0.2, 0.25) is 0 Å². The Labute approximate surface area is 268 Å². The first-order chi connectivity index (χ1) is 22.2. The van der Waals surface area contributed by atoms with Crippen molar-refractivity contribution in [2.24, 2.45) is 12.5 Å². The summed E-state index contributed by atoms with van der Waals surface area (Å²) < 4.78 is 17.8. The van der Waals surface area contributed by atoms with Gasteiger partial charge in [0.1, 0.15) is 11.5 Å². The highest BCUT2D eigenvalue weighted by Gasteiger charge is 2.39. The first kappa shape index (κ1) is 34.2. The van der Waals surface area contributed by atoms with Crippen molar-refractivity contribution in [1.82, 2.24) is 35.8 Å². The SMILES string of the molecule is COCCC1(C(=O)NCc2cnn(C)c2)CNC(=O)CCCN(C(=O)c2cc(C)on2)CCCNC(=O)COc2ccc(cc2)C1. The van der Waals surface area contributed by atoms with Gasteiger partial charge < -0.3 is 34.8 Å². The third-order valence-corrected chi connectivity index (χ3v) is 7.83. The maximum atomic E-state index is 13.9. The minimum atomic E-state index is -1.04. The predicted molar refractivity (Wildman–Crippen MR) is 167 cm³/mol. The maximum Gasteiger partial charge on any atom is 0.276 e. The number of nitrogens with one attached hydrogen (secondary N) is 3. The van der Waals surface area contributed by atoms with Crippen molar-refractivity contribution in [3.63, 3.8) is 0 Å². The molecular formula is C32H43N7O7. The second kappa shape index (κ2) is 16.5. The highest BCUT2D eigenvalue weighted by molar-refractivity contribution is 5.92. The Balaban J connectivity index is 1.54. The summed E-state index contributed by atoms with van der Waals surface area (Å²) in [5, 5.41) is 16.8. The summed E-state index contributed by atoms with van der Waals surface area (Å²) in [5.41, 5.74) is 0.841. The standard InChI is InChI=1S/C32H43N7O7/c1-23-16-27(37-46-23)30(42)39-13-4-6-28(40)35-22-32(11-15-44-3,31(43)34-18-25-19-36-38(2)20-25)17-24-7-9-26(10-8-24)45-21-29(41)33-12-5-14-39/h7-10,16,19-20H,4-6,11-15,17-18,21-22H2,1-3H3,(H,33,41)(H,34,43)(H,35,40). The molecule has 3 N–H and O–H groups in total. The number of rotatable bonds is 7. The zero-order valence-electron chi connectivity index (χ0n) is 26.7. The normalized spacial score (nSPS) is 18.7. The number of hydrogen-bond acceptors (Lipinski definition) is 9. The molecule has 4 heterocycles. The molecule has 0 saturated carbocycles. The zero-order chi connectivity index (χ0) is 32.9. The summed E-state index contributed by atoms with van der Waals surface area (Å²) in [5.74, 6) is -0.0572. The number of hydrogen-bond donors (Lipinski definition) is 3. The number of methoxy groups -OCH3 is 1. The summed E-state index contributed by atoms with van der Waals surface area (Å²) in [6.45, 7) is 3.16. The lowest BCUT2D eigenvalue weighted by Gasteiger charge is -2.33. The van der Waals surface area contributed by atoms with Crippen LogP contribution in [0.5, 0.6) is 5.75 Å². The lowest BCUT2D eigenvalue weighted by atomic mass is 9.77. The van der Waals surface area contributed by atoms with E-state index in [0.717, 1.165) is 11.1 Å². The van der Waals surface area contributed by atoms with Crippen molar-refractivity contribution in [2.45, 2.75) is 45.6 Å². The van der Waals surface area contributed by atoms with E-state index in [0.29, 0.717) is 63.4 Å². The Bertz CT molecular complexity index is 1470. The van der Waals surface area contributed by atoms with Crippen LogP contribution in [0.25, 0.3) is 0 Å². The van der Waals surface area contributed by atoms with E-state index in [4.69, 9.17) is 14.0 Å². The summed E-state index contributed by atoms with van der Waals surface area (Å²) in [6, 6.07) is 8.78. The highest BCUT2D eigenvalue weighted by Crippen LogP contribution is 2.29. The van der Waals surface area contributed by atoms with E-state index in [2.05, 4.69) is 26.2 Å². The van der Waals surface area contributed by atoms with Gasteiger partial charge in [-0.15, -0.1) is 0 Å². The molecule has 0 aliphatic carbocycles. The molecule has 2 aromatic heterocycles. The molecule has 2 aliphatic heterocycles. The van der Waals surface area contributed by atoms with Gasteiger partial charge in [-0.3, -0.25) is 23.9 Å². The Morgan fingerprint density at radius 3 is 2.59 bits per heavy atom. The van der Waals surface area contributed by atoms with Gasteiger partial charge in [-0.25, -0.2) is 0 Å². The molecule has 46 heavy (non-hydrogen) atoms. The quantitative estimate of drug-likeness (QED) is 0.348. The van der Waals surface area contributed by atoms with E-state index < -0.39 is 5.41 Å². The summed E-state index contributed by atoms with van der Waals surface area (Å²) >= 11 is 0. The van der Waals surface area contributed by atoms with Crippen molar-refractivity contribution in [3.05, 3.63) is 65.3 Å². The van der Waals surface area contributed by atoms with Crippen LogP contribution in [0, 0.1) is 12.3 Å². The van der Waals surface area contributed by atoms with E-state index in [9.17, 15) is 19.2 Å². The van der Waals surface area contributed by atoms with E-state index in [-0.39, 0.29) is 55.4 Å². The average molecular weight is 638 g/mol. The van der Waals surface area contributed by atoms with E-state index in [1.54, 1.807) is 55.1 Å². The van der Waals surface area contributed by atoms with Crippen LogP contribution in [0.1, 0.15) is 53.1 Å². The van der Waals surface area contributed by atoms with Gasteiger partial charge in [0.2, 0.25) is 11.8 Å². The van der Waals surface area contributed by atoms with Gasteiger partial charge in [0.05, 0.1) is 11.6 Å². The molecule has 0 fully saturated rings. The molecule has 14 nitrogen and oxygen atoms in total. The van der Waals surface area contributed by atoms with Gasteiger partial charge in [-0.2, -0.15) is 5.10 Å². The minimum absolute atomic E-state index is 0.0767. The van der Waals surface area contributed by atoms with Gasteiger partial charge in [0.25, 0.3) is 11.8 Å². The molecule has 0 saturated heterocycles. The molecule has 2 bridgehead atoms. The monoisotopic (exact) mass is 637 g/mol. The molecule has 5 rings (SSSR count). The van der Waals surface area contributed by atoms with Crippen LogP contribution >= 0.6 is 0 Å². The smallest absolute Gasteiger partial charge is 0.276 e. The van der Waals surface area contributed by atoms with Gasteiger partial charge in [0, 0.05) is 77.7 Å². The molecule has 4 amide bonds. The van der Waals surface area contributed by atoms with Crippen molar-refractivity contribution >= 4 is 23.6 Å². The zero-order valence-corrected chi connectivity index (χ0v) is 26.7. The van der Waals surface area contributed by atoms with Crippen LogP contribution in [0.3, 0.4) is 0 Å². The third kappa shape index (κ3) is 9.89. The number of amides is 4. The van der Waals surface area contributed by atoms with Gasteiger partial charge >= 0.3 is 0 Å². The van der Waals surface area contributed by atoms with Gasteiger partial charge in [-0.1, -0.05) is 17.3 Å². The number of carbonyl (C=O) groups excluding carboxylic acids is 4. The Kier molecular flexibility index (Phi) is 12.3. The van der Waals surface area contributed by atoms with Crippen LogP contribution in [0.4, 0.5) is 0 Å². The average Bonchev–Trinajstić information content (AvgIpc) is 3.68. The topological polar surface area (TPSA) is 170 Å². The lowest BCUT2D eigenvalue weighted by Crippen LogP contribution is -2.50. The number of benzene rings is 1. The van der Waals surface area contributed by atoms with Crippen molar-refractivity contribution < 1.29 is 33.2 Å². The first-order valence-electron chi connectivity index (χ1n) is 15.4. The second-order valence-corrected chi connectivity index (χ2v) is 11.5. The molecule has 1 unspecified atom stereocenters. The summed E-state index contributed by atoms with van der Waals surface area (Å²) in [7, 11) is 3.38. The van der Waals surface area contributed by atoms with Gasteiger partial charge in [0.15, 0.2) is 12.3 Å². The highest BCUT2D eigenvalue weighted by atomic mass is 16.5. The molecular weight excluding hydrogens is 594 g/mol. The predicted octanol–water partition coefficient (Wildman–Crippen LogP) is 1.54. The molecule has 3 aromatic rings. The number of ether oxygens (including phenoxy) is 2. The van der Waals surface area contributed by atoms with Crippen LogP contribution in [0.15, 0.2) is 47.2 Å². The van der Waals surface area contributed by atoms with E-state index >= 15 is 0 Å². The molecule has 2 aliphatic rings. The summed E-state index contributed by atoms with van der Waals surface area (Å²) in [6.07, 6.45) is 5.20. The van der Waals surface area contributed by atoms with E-state index in [1.807, 2.05) is 18.3 Å². The lowest BCUT2D eigenvalue weighted by molar-refractivity contribution is -0.133.